The summed E-state index contributed by atoms with van der Waals surface area (Å²) >= 11 is 0. The molecule has 0 atom stereocenters. The first kappa shape index (κ1) is 27.5. The molecule has 4 aromatic carbocycles. The predicted octanol–water partition coefficient (Wildman–Crippen LogP) is 9.39. The van der Waals surface area contributed by atoms with Crippen LogP contribution in [0.2, 0.25) is 0 Å². The van der Waals surface area contributed by atoms with Crippen LogP contribution in [0.25, 0.3) is 66.1 Å². The van der Waals surface area contributed by atoms with Crippen molar-refractivity contribution >= 4 is 40.5 Å². The van der Waals surface area contributed by atoms with E-state index in [1.54, 1.807) is 14.2 Å². The van der Waals surface area contributed by atoms with E-state index in [-0.39, 0.29) is 0 Å². The molecule has 0 amide bonds. The van der Waals surface area contributed by atoms with Crippen molar-refractivity contribution in [2.24, 2.45) is 0 Å². The Morgan fingerprint density at radius 3 is 1.09 bits per heavy atom. The Hall–Kier alpha value is -5.06. The van der Waals surface area contributed by atoms with E-state index in [4.69, 9.17) is 8.85 Å². The van der Waals surface area contributed by atoms with E-state index in [1.807, 2.05) is 0 Å². The van der Waals surface area contributed by atoms with Crippen LogP contribution >= 0.6 is 0 Å². The molecule has 0 N–H and O–H groups in total. The van der Waals surface area contributed by atoms with Gasteiger partial charge in [-0.25, -0.2) is 0 Å². The van der Waals surface area contributed by atoms with Gasteiger partial charge in [-0.3, -0.25) is 0 Å². The highest BCUT2D eigenvalue weighted by Crippen LogP contribution is 2.40. The van der Waals surface area contributed by atoms with Gasteiger partial charge in [0.2, 0.25) is 0 Å². The molecule has 0 fully saturated rings. The third-order valence-electron chi connectivity index (χ3n) is 9.29. The van der Waals surface area contributed by atoms with Crippen molar-refractivity contribution in [3.63, 3.8) is 0 Å². The quantitative estimate of drug-likeness (QED) is 0.178. The van der Waals surface area contributed by atoms with Crippen molar-refractivity contribution in [1.29, 1.82) is 0 Å². The van der Waals surface area contributed by atoms with Crippen molar-refractivity contribution in [3.05, 3.63) is 158 Å². The number of hydrogen-bond donors (Lipinski definition) is 0. The molecule has 4 aliphatic rings. The van der Waals surface area contributed by atoms with Gasteiger partial charge < -0.3 is 8.85 Å². The summed E-state index contributed by atoms with van der Waals surface area (Å²) in [5, 5.41) is 7.19. The zero-order chi connectivity index (χ0) is 30.4. The highest BCUT2D eigenvalue weighted by molar-refractivity contribution is 6.94. The average Bonchev–Trinajstić information content (AvgIpc) is 3.57. The zero-order valence-corrected chi connectivity index (χ0v) is 26.3. The Balaban J connectivity index is 1.30. The van der Waals surface area contributed by atoms with Crippen molar-refractivity contribution in [3.8, 4) is 44.5 Å². The molecule has 0 aromatic heterocycles. The van der Waals surface area contributed by atoms with Crippen LogP contribution in [-0.4, -0.2) is 22.8 Å². The van der Waals surface area contributed by atoms with Gasteiger partial charge in [-0.2, -0.15) is 0 Å². The SMILES string of the molecule is CO[Si](OC)(c1ccc2c(-c3cccc4ccccc34)ccccc1-2)c1ccc2c(-c3cccc4ccccc34)ccccc1-2. The van der Waals surface area contributed by atoms with Crippen LogP contribution in [-0.2, 0) is 8.85 Å². The number of fused-ring (bicyclic) bond motifs is 4. The molecule has 4 aliphatic carbocycles. The Morgan fingerprint density at radius 1 is 0.311 bits per heavy atom. The molecule has 3 heteroatoms. The van der Waals surface area contributed by atoms with E-state index in [9.17, 15) is 0 Å². The molecule has 2 nitrogen and oxygen atoms in total. The van der Waals surface area contributed by atoms with Gasteiger partial charge >= 0.3 is 8.56 Å². The summed E-state index contributed by atoms with van der Waals surface area (Å²) in [4.78, 5) is 0. The van der Waals surface area contributed by atoms with Gasteiger partial charge in [0.1, 0.15) is 0 Å². The Morgan fingerprint density at radius 2 is 0.644 bits per heavy atom. The molecule has 216 valence electrons. The van der Waals surface area contributed by atoms with Gasteiger partial charge in [-0.05, 0) is 66.1 Å². The average molecular weight is 597 g/mol. The standard InChI is InChI=1S/C42H32O2Si/c1-43-45(44-2,41-27-25-37-35(19-7-9-21-39(37)41)33-23-11-15-29-13-3-5-17-31(29)33)42-28-26-38-36(20-8-10-22-40(38)42)34-24-12-16-30-14-4-6-18-32(30)34/h3-28H,1-2H3. The highest BCUT2D eigenvalue weighted by atomic mass is 28.4. The molecular formula is C42H32O2Si. The largest absolute Gasteiger partial charge is 0.407 e. The molecule has 0 heterocycles. The molecule has 0 unspecified atom stereocenters. The molecule has 0 bridgehead atoms. The first-order chi connectivity index (χ1) is 22.2. The minimum absolute atomic E-state index is 1.12. The van der Waals surface area contributed by atoms with Crippen LogP contribution in [0.1, 0.15) is 0 Å². The predicted molar refractivity (Wildman–Crippen MR) is 191 cm³/mol. The topological polar surface area (TPSA) is 18.5 Å². The second-order valence-corrected chi connectivity index (χ2v) is 14.6. The fourth-order valence-corrected chi connectivity index (χ4v) is 10.3. The molecule has 8 rings (SSSR count). The van der Waals surface area contributed by atoms with Crippen LogP contribution in [0.3, 0.4) is 0 Å². The van der Waals surface area contributed by atoms with E-state index >= 15 is 0 Å². The summed E-state index contributed by atoms with van der Waals surface area (Å²) in [6, 6.07) is 56.7. The summed E-state index contributed by atoms with van der Waals surface area (Å²) in [6.45, 7) is 0. The van der Waals surface area contributed by atoms with Gasteiger partial charge in [-0.15, -0.1) is 0 Å². The summed E-state index contributed by atoms with van der Waals surface area (Å²) < 4.78 is 13.2. The van der Waals surface area contributed by atoms with Crippen molar-refractivity contribution < 1.29 is 8.85 Å². The van der Waals surface area contributed by atoms with Gasteiger partial charge in [0.15, 0.2) is 0 Å². The molecule has 0 radical (unpaired) electrons. The van der Waals surface area contributed by atoms with Crippen molar-refractivity contribution in [2.75, 3.05) is 14.2 Å². The van der Waals surface area contributed by atoms with Crippen LogP contribution < -0.4 is 10.4 Å². The fraction of sp³-hybridized carbons (Fsp3) is 0.0476. The van der Waals surface area contributed by atoms with Crippen LogP contribution in [0.15, 0.2) is 158 Å². The lowest BCUT2D eigenvalue weighted by molar-refractivity contribution is 0.273. The van der Waals surface area contributed by atoms with Gasteiger partial charge in [0.05, 0.1) is 0 Å². The Bertz CT molecular complexity index is 2100. The lowest BCUT2D eigenvalue weighted by atomic mass is 9.95. The lowest BCUT2D eigenvalue weighted by Gasteiger charge is -2.29. The molecular weight excluding hydrogens is 565 g/mol. The third-order valence-corrected chi connectivity index (χ3v) is 12.7. The first-order valence-corrected chi connectivity index (χ1v) is 17.2. The maximum Gasteiger partial charge on any atom is 0.407 e. The summed E-state index contributed by atoms with van der Waals surface area (Å²) in [6.07, 6.45) is 0. The second kappa shape index (κ2) is 11.1. The molecule has 0 spiro atoms. The summed E-state index contributed by atoms with van der Waals surface area (Å²) in [5.74, 6) is 0. The summed E-state index contributed by atoms with van der Waals surface area (Å²) in [7, 11) is 0.456. The van der Waals surface area contributed by atoms with Crippen LogP contribution in [0.5, 0.6) is 0 Å². The highest BCUT2D eigenvalue weighted by Gasteiger charge is 2.46. The van der Waals surface area contributed by atoms with E-state index in [1.165, 1.54) is 54.9 Å². The first-order valence-electron chi connectivity index (χ1n) is 15.3. The minimum Gasteiger partial charge on any atom is -0.391 e. The lowest BCUT2D eigenvalue weighted by Crippen LogP contribution is -2.62. The molecule has 0 aliphatic heterocycles. The molecule has 45 heavy (non-hydrogen) atoms. The van der Waals surface area contributed by atoms with Crippen LogP contribution in [0.4, 0.5) is 0 Å². The van der Waals surface area contributed by atoms with E-state index < -0.39 is 8.56 Å². The maximum absolute atomic E-state index is 6.60. The zero-order valence-electron chi connectivity index (χ0n) is 25.3. The smallest absolute Gasteiger partial charge is 0.391 e. The maximum atomic E-state index is 6.60. The second-order valence-electron chi connectivity index (χ2n) is 11.5. The van der Waals surface area contributed by atoms with Gasteiger partial charge in [0.25, 0.3) is 0 Å². The fourth-order valence-electron chi connectivity index (χ4n) is 7.23. The number of benzene rings is 4. The minimum atomic E-state index is -3.15. The summed E-state index contributed by atoms with van der Waals surface area (Å²) in [5.41, 5.74) is 9.53. The van der Waals surface area contributed by atoms with Gasteiger partial charge in [0, 0.05) is 24.6 Å². The Labute approximate surface area is 265 Å². The normalized spacial score (nSPS) is 12.0. The van der Waals surface area contributed by atoms with E-state index in [0.717, 1.165) is 21.5 Å². The van der Waals surface area contributed by atoms with E-state index in [2.05, 4.69) is 158 Å². The third kappa shape index (κ3) is 4.32. The number of rotatable bonds is 6. The number of hydrogen-bond acceptors (Lipinski definition) is 2. The van der Waals surface area contributed by atoms with Crippen molar-refractivity contribution in [1.82, 2.24) is 0 Å². The molecule has 4 aromatic rings. The Kier molecular flexibility index (Phi) is 6.80. The molecule has 0 saturated heterocycles. The van der Waals surface area contributed by atoms with Gasteiger partial charge in [-0.1, -0.05) is 158 Å². The molecule has 0 saturated carbocycles. The van der Waals surface area contributed by atoms with Crippen LogP contribution in [0, 0.1) is 0 Å². The van der Waals surface area contributed by atoms with Crippen molar-refractivity contribution in [2.45, 2.75) is 0 Å². The monoisotopic (exact) mass is 596 g/mol. The van der Waals surface area contributed by atoms with E-state index in [0.29, 0.717) is 0 Å².